The Balaban J connectivity index is 0.800. The second-order valence-electron chi connectivity index (χ2n) is 18.0. The Morgan fingerprint density at radius 2 is 0.521 bits per heavy atom. The van der Waals surface area contributed by atoms with E-state index in [9.17, 15) is 0 Å². The molecule has 0 amide bonds. The molecule has 12 aromatic rings. The molecule has 0 saturated carbocycles. The van der Waals surface area contributed by atoms with Gasteiger partial charge in [-0.3, -0.25) is 0 Å². The van der Waals surface area contributed by atoms with E-state index >= 15 is 0 Å². The molecule has 2 unspecified atom stereocenters. The highest BCUT2D eigenvalue weighted by Gasteiger charge is 2.25. The molecule has 362 valence electrons. The summed E-state index contributed by atoms with van der Waals surface area (Å²) in [5, 5.41) is 0.693. The highest BCUT2D eigenvalue weighted by molar-refractivity contribution is 8.09. The number of allylic oxidation sites excluding steroid dienone is 1. The molecule has 0 fully saturated rings. The van der Waals surface area contributed by atoms with Gasteiger partial charge in [0.2, 0.25) is 0 Å². The van der Waals surface area contributed by atoms with Crippen molar-refractivity contribution in [3.8, 4) is 109 Å². The highest BCUT2D eigenvalue weighted by atomic mass is 32.2. The van der Waals surface area contributed by atoms with Crippen molar-refractivity contribution in [1.29, 1.82) is 0 Å². The van der Waals surface area contributed by atoms with Gasteiger partial charge in [-0.05, 0) is 194 Å². The minimum absolute atomic E-state index is 0.633. The lowest BCUT2D eigenvalue weighted by atomic mass is 10.0. The van der Waals surface area contributed by atoms with Gasteiger partial charge in [-0.2, -0.15) is 0 Å². The van der Waals surface area contributed by atoms with Crippen LogP contribution in [0.15, 0.2) is 158 Å². The van der Waals surface area contributed by atoms with Crippen LogP contribution in [0.25, 0.3) is 114 Å². The van der Waals surface area contributed by atoms with E-state index in [2.05, 4.69) is 197 Å². The number of thioether (sulfide) groups is 1. The van der Waals surface area contributed by atoms with Crippen molar-refractivity contribution in [2.75, 3.05) is 0 Å². The van der Waals surface area contributed by atoms with Crippen LogP contribution in [0.3, 0.4) is 0 Å². The van der Waals surface area contributed by atoms with Gasteiger partial charge in [-0.25, -0.2) is 0 Å². The standard InChI is InChI=1S/C61H46S12/c1-5-38-8-10-44(62-38)46-18-20-54(68-46)56-25-22-51(70-56)48-15-12-41(65-48)35-31-36(42-13-16-49(66-42)52-23-26-57(71-52)55-21-19-47(69-55)45-11-9-39(6-2)63-45)33-37(32-35)43-14-17-50(67-43)53-24-27-58(72-53)59-28-29-60(73-59)61-30-34(4)40(7-3)64-61/h8-34,40H,5-7H2,1-4H3. The highest BCUT2D eigenvalue weighted by Crippen LogP contribution is 2.51. The number of benzene rings is 1. The Morgan fingerprint density at radius 1 is 0.288 bits per heavy atom. The fourth-order valence-corrected chi connectivity index (χ4v) is 22.3. The molecular formula is C61H46S12. The van der Waals surface area contributed by atoms with Crippen LogP contribution in [0.5, 0.6) is 0 Å². The fourth-order valence-electron chi connectivity index (χ4n) is 9.20. The van der Waals surface area contributed by atoms with Crippen molar-refractivity contribution in [3.05, 3.63) is 172 Å². The Kier molecular flexibility index (Phi) is 13.9. The first-order valence-electron chi connectivity index (χ1n) is 24.4. The van der Waals surface area contributed by atoms with Crippen molar-refractivity contribution < 1.29 is 0 Å². The van der Waals surface area contributed by atoms with Gasteiger partial charge in [0, 0.05) is 117 Å². The first-order chi connectivity index (χ1) is 35.8. The molecule has 0 aliphatic carbocycles. The monoisotopic (exact) mass is 1160 g/mol. The molecule has 1 aliphatic rings. The minimum Gasteiger partial charge on any atom is -0.139 e. The van der Waals surface area contributed by atoms with Crippen LogP contribution in [-0.4, -0.2) is 5.25 Å². The summed E-state index contributed by atoms with van der Waals surface area (Å²) in [6.07, 6.45) is 5.88. The number of aryl methyl sites for hydroxylation is 2. The van der Waals surface area contributed by atoms with Gasteiger partial charge >= 0.3 is 0 Å². The summed E-state index contributed by atoms with van der Waals surface area (Å²) < 4.78 is 0. The van der Waals surface area contributed by atoms with Crippen molar-refractivity contribution in [2.45, 2.75) is 52.2 Å². The van der Waals surface area contributed by atoms with E-state index in [4.69, 9.17) is 0 Å². The van der Waals surface area contributed by atoms with Gasteiger partial charge in [-0.1, -0.05) is 33.8 Å². The summed E-state index contributed by atoms with van der Waals surface area (Å²) in [5.74, 6) is 0.633. The maximum atomic E-state index is 2.49. The zero-order valence-electron chi connectivity index (χ0n) is 40.2. The summed E-state index contributed by atoms with van der Waals surface area (Å²) in [7, 11) is 0. The third-order valence-electron chi connectivity index (χ3n) is 13.1. The predicted octanol–water partition coefficient (Wildman–Crippen LogP) is 24.3. The number of rotatable bonds is 15. The average molecular weight is 1160 g/mol. The van der Waals surface area contributed by atoms with Gasteiger partial charge in [0.1, 0.15) is 0 Å². The van der Waals surface area contributed by atoms with Crippen LogP contribution in [0, 0.1) is 5.92 Å². The second-order valence-corrected chi connectivity index (χ2v) is 31.3. The first kappa shape index (κ1) is 48.6. The molecule has 1 aromatic carbocycles. The smallest absolute Gasteiger partial charge is 0.0449 e. The zero-order valence-corrected chi connectivity index (χ0v) is 50.0. The molecule has 1 aliphatic heterocycles. The third-order valence-corrected chi connectivity index (χ3v) is 28.9. The Morgan fingerprint density at radius 3 is 0.781 bits per heavy atom. The zero-order chi connectivity index (χ0) is 49.2. The third kappa shape index (κ3) is 9.90. The van der Waals surface area contributed by atoms with Crippen LogP contribution in [0.1, 0.15) is 48.7 Å². The van der Waals surface area contributed by atoms with Crippen LogP contribution in [0.2, 0.25) is 0 Å². The minimum atomic E-state index is 0.633. The van der Waals surface area contributed by atoms with Gasteiger partial charge < -0.3 is 0 Å². The van der Waals surface area contributed by atoms with E-state index in [-0.39, 0.29) is 0 Å². The van der Waals surface area contributed by atoms with E-state index < -0.39 is 0 Å². The summed E-state index contributed by atoms with van der Waals surface area (Å²) >= 11 is 23.1. The molecule has 11 aromatic heterocycles. The molecule has 0 radical (unpaired) electrons. The molecule has 2 atom stereocenters. The molecule has 0 spiro atoms. The maximum Gasteiger partial charge on any atom is 0.0449 e. The maximum absolute atomic E-state index is 2.49. The van der Waals surface area contributed by atoms with Crippen LogP contribution in [-0.2, 0) is 12.8 Å². The molecule has 0 nitrogen and oxygen atoms in total. The first-order valence-corrected chi connectivity index (χ1v) is 34.3. The molecule has 0 saturated heterocycles. The van der Waals surface area contributed by atoms with Crippen molar-refractivity contribution in [1.82, 2.24) is 0 Å². The predicted molar refractivity (Wildman–Crippen MR) is 340 cm³/mol. The van der Waals surface area contributed by atoms with Gasteiger partial charge in [-0.15, -0.1) is 136 Å². The summed E-state index contributed by atoms with van der Waals surface area (Å²) in [4.78, 5) is 31.1. The van der Waals surface area contributed by atoms with E-state index in [0.717, 1.165) is 12.8 Å². The topological polar surface area (TPSA) is 0 Å². The summed E-state index contributed by atoms with van der Waals surface area (Å²) in [6.45, 7) is 9.15. The molecule has 73 heavy (non-hydrogen) atoms. The van der Waals surface area contributed by atoms with Crippen LogP contribution < -0.4 is 0 Å². The van der Waals surface area contributed by atoms with E-state index in [1.807, 2.05) is 125 Å². The lowest BCUT2D eigenvalue weighted by molar-refractivity contribution is 0.665. The quantitative estimate of drug-likeness (QED) is 0.0986. The summed E-state index contributed by atoms with van der Waals surface area (Å²) in [6, 6.07) is 58.2. The molecule has 13 rings (SSSR count). The Labute approximate surface area is 476 Å². The SMILES string of the molecule is CCc1ccc(-c2ccc(-c3ccc(-c4ccc(-c5cc(-c6ccc(-c7ccc(-c8ccc(C9=CC(C)C(CC)S9)s8)s7)s6)cc(-c6ccc(-c7ccc(-c8ccc(-c9ccc(CC)s9)s8)s7)s6)c5)s4)s3)s2)s1. The Bertz CT molecular complexity index is 3740. The average Bonchev–Trinajstić information content (AvgIpc) is 4.26. The fraction of sp³-hybridized carbons (Fsp3) is 0.148. The van der Waals surface area contributed by atoms with Gasteiger partial charge in [0.05, 0.1) is 0 Å². The van der Waals surface area contributed by atoms with Crippen molar-refractivity contribution in [2.24, 2.45) is 5.92 Å². The lowest BCUT2D eigenvalue weighted by Gasteiger charge is -2.10. The molecule has 12 heteroatoms. The van der Waals surface area contributed by atoms with E-state index in [1.54, 1.807) is 0 Å². The Hall–Kier alpha value is -3.99. The summed E-state index contributed by atoms with van der Waals surface area (Å²) in [5.41, 5.74) is 3.80. The number of hydrogen-bond acceptors (Lipinski definition) is 12. The largest absolute Gasteiger partial charge is 0.139 e. The van der Waals surface area contributed by atoms with Crippen LogP contribution in [0.4, 0.5) is 0 Å². The van der Waals surface area contributed by atoms with Gasteiger partial charge in [0.15, 0.2) is 0 Å². The number of thiophene rings is 11. The molecule has 0 N–H and O–H groups in total. The lowest BCUT2D eigenvalue weighted by Crippen LogP contribution is -2.04. The normalized spacial score (nSPS) is 14.8. The van der Waals surface area contributed by atoms with E-state index in [1.165, 1.54) is 135 Å². The molecule has 0 bridgehead atoms. The van der Waals surface area contributed by atoms with Crippen molar-refractivity contribution in [3.63, 3.8) is 0 Å². The van der Waals surface area contributed by atoms with E-state index in [0.29, 0.717) is 11.2 Å². The van der Waals surface area contributed by atoms with Gasteiger partial charge in [0.25, 0.3) is 0 Å². The second kappa shape index (κ2) is 20.9. The van der Waals surface area contributed by atoms with Crippen molar-refractivity contribution >= 4 is 141 Å². The van der Waals surface area contributed by atoms with Crippen LogP contribution >= 0.6 is 136 Å². The number of hydrogen-bond donors (Lipinski definition) is 0. The molecular weight excluding hydrogens is 1120 g/mol. The molecule has 12 heterocycles.